The molecule has 8 heteroatoms. The first kappa shape index (κ1) is 23.4. The van der Waals surface area contributed by atoms with Crippen molar-refractivity contribution in [2.45, 2.75) is 51.2 Å². The standard InChI is InChI=1S/C24H29NO7/c1-23(2,3)32-22(28)25-19(15-10-8-7-9-11-15)24(4,21(26)27)31-20(25)17-13-12-16(29-5)14-18(17)30-6/h7-14,19-20H,1-6H3,(H,26,27)/t19-,20?,24+/m1/s1. The van der Waals surface area contributed by atoms with E-state index in [1.54, 1.807) is 63.2 Å². The summed E-state index contributed by atoms with van der Waals surface area (Å²) in [7, 11) is 3.01. The number of aliphatic carboxylic acids is 1. The molecule has 3 atom stereocenters. The number of nitrogens with zero attached hydrogens (tertiary/aromatic N) is 1. The van der Waals surface area contributed by atoms with Gasteiger partial charge in [-0.3, -0.25) is 4.90 Å². The molecule has 1 fully saturated rings. The van der Waals surface area contributed by atoms with E-state index in [0.29, 0.717) is 22.6 Å². The fourth-order valence-corrected chi connectivity index (χ4v) is 3.79. The first-order chi connectivity index (χ1) is 15.0. The fourth-order valence-electron chi connectivity index (χ4n) is 3.79. The van der Waals surface area contributed by atoms with Crippen molar-refractivity contribution in [3.8, 4) is 11.5 Å². The van der Waals surface area contributed by atoms with Crippen LogP contribution in [-0.2, 0) is 14.3 Å². The number of hydrogen-bond acceptors (Lipinski definition) is 6. The first-order valence-electron chi connectivity index (χ1n) is 10.2. The summed E-state index contributed by atoms with van der Waals surface area (Å²) < 4.78 is 22.6. The Kier molecular flexibility index (Phi) is 6.37. The summed E-state index contributed by atoms with van der Waals surface area (Å²) in [6.07, 6.45) is -1.77. The second-order valence-electron chi connectivity index (χ2n) is 8.69. The van der Waals surface area contributed by atoms with E-state index in [1.165, 1.54) is 26.0 Å². The van der Waals surface area contributed by atoms with Crippen molar-refractivity contribution in [3.63, 3.8) is 0 Å². The van der Waals surface area contributed by atoms with E-state index in [2.05, 4.69) is 0 Å². The third-order valence-electron chi connectivity index (χ3n) is 5.26. The molecule has 1 aliphatic rings. The van der Waals surface area contributed by atoms with Crippen LogP contribution in [0.1, 0.15) is 51.1 Å². The molecule has 0 radical (unpaired) electrons. The Hall–Kier alpha value is -3.26. The monoisotopic (exact) mass is 443 g/mol. The van der Waals surface area contributed by atoms with Crippen molar-refractivity contribution in [3.05, 3.63) is 59.7 Å². The number of ether oxygens (including phenoxy) is 4. The molecule has 0 aromatic heterocycles. The zero-order valence-electron chi connectivity index (χ0n) is 19.1. The smallest absolute Gasteiger partial charge is 0.413 e. The van der Waals surface area contributed by atoms with Crippen LogP contribution < -0.4 is 9.47 Å². The largest absolute Gasteiger partial charge is 0.497 e. The van der Waals surface area contributed by atoms with Gasteiger partial charge in [-0.25, -0.2) is 9.59 Å². The molecule has 0 bridgehead atoms. The molecular formula is C24H29NO7. The van der Waals surface area contributed by atoms with Crippen LogP contribution in [0.25, 0.3) is 0 Å². The third-order valence-corrected chi connectivity index (χ3v) is 5.26. The predicted octanol–water partition coefficient (Wildman–Crippen LogP) is 4.55. The lowest BCUT2D eigenvalue weighted by atomic mass is 9.90. The number of methoxy groups -OCH3 is 2. The maximum atomic E-state index is 13.4. The molecule has 2 aromatic carbocycles. The second kappa shape index (κ2) is 8.70. The number of benzene rings is 2. The van der Waals surface area contributed by atoms with E-state index < -0.39 is 35.5 Å². The maximum Gasteiger partial charge on any atom is 0.413 e. The zero-order chi connectivity index (χ0) is 23.7. The van der Waals surface area contributed by atoms with Crippen LogP contribution in [0.15, 0.2) is 48.5 Å². The minimum atomic E-state index is -1.74. The molecule has 1 saturated heterocycles. The average molecular weight is 443 g/mol. The van der Waals surface area contributed by atoms with Crippen LogP contribution >= 0.6 is 0 Å². The Balaban J connectivity index is 2.21. The summed E-state index contributed by atoms with van der Waals surface area (Å²) in [6, 6.07) is 13.0. The number of rotatable bonds is 5. The Morgan fingerprint density at radius 1 is 1.06 bits per heavy atom. The van der Waals surface area contributed by atoms with Gasteiger partial charge < -0.3 is 24.1 Å². The van der Waals surface area contributed by atoms with Crippen LogP contribution in [0, 0.1) is 0 Å². The van der Waals surface area contributed by atoms with Gasteiger partial charge in [0.2, 0.25) is 0 Å². The molecule has 1 aliphatic heterocycles. The van der Waals surface area contributed by atoms with Gasteiger partial charge in [-0.1, -0.05) is 30.3 Å². The van der Waals surface area contributed by atoms with E-state index in [-0.39, 0.29) is 0 Å². The van der Waals surface area contributed by atoms with Crippen molar-refractivity contribution < 1.29 is 33.6 Å². The number of amides is 1. The number of carbonyl (C=O) groups excluding carboxylic acids is 1. The normalized spacial score (nSPS) is 23.0. The predicted molar refractivity (Wildman–Crippen MR) is 117 cm³/mol. The van der Waals surface area contributed by atoms with Gasteiger partial charge in [0.05, 0.1) is 14.2 Å². The molecule has 1 amide bonds. The Labute approximate surface area is 187 Å². The van der Waals surface area contributed by atoms with Crippen molar-refractivity contribution in [2.75, 3.05) is 14.2 Å². The fraction of sp³-hybridized carbons (Fsp3) is 0.417. The number of hydrogen-bond donors (Lipinski definition) is 1. The lowest BCUT2D eigenvalue weighted by Gasteiger charge is -2.33. The highest BCUT2D eigenvalue weighted by Crippen LogP contribution is 2.51. The van der Waals surface area contributed by atoms with E-state index in [1.807, 2.05) is 6.07 Å². The summed E-state index contributed by atoms with van der Waals surface area (Å²) >= 11 is 0. The van der Waals surface area contributed by atoms with Gasteiger partial charge in [0.15, 0.2) is 11.8 Å². The van der Waals surface area contributed by atoms with E-state index in [0.717, 1.165) is 0 Å². The summed E-state index contributed by atoms with van der Waals surface area (Å²) in [5, 5.41) is 10.2. The first-order valence-corrected chi connectivity index (χ1v) is 10.2. The highest BCUT2D eigenvalue weighted by molar-refractivity contribution is 5.81. The summed E-state index contributed by atoms with van der Waals surface area (Å²) in [5.41, 5.74) is -1.45. The van der Waals surface area contributed by atoms with Gasteiger partial charge in [-0.2, -0.15) is 0 Å². The quantitative estimate of drug-likeness (QED) is 0.724. The number of carbonyl (C=O) groups is 2. The van der Waals surface area contributed by atoms with Crippen LogP contribution in [0.2, 0.25) is 0 Å². The highest BCUT2D eigenvalue weighted by atomic mass is 16.6. The van der Waals surface area contributed by atoms with Gasteiger partial charge in [-0.15, -0.1) is 0 Å². The topological polar surface area (TPSA) is 94.5 Å². The van der Waals surface area contributed by atoms with Gasteiger partial charge in [-0.05, 0) is 45.4 Å². The van der Waals surface area contributed by atoms with Gasteiger partial charge in [0, 0.05) is 11.6 Å². The molecule has 0 aliphatic carbocycles. The molecular weight excluding hydrogens is 414 g/mol. The van der Waals surface area contributed by atoms with Crippen molar-refractivity contribution in [2.24, 2.45) is 0 Å². The molecule has 1 heterocycles. The molecule has 0 saturated carbocycles. The van der Waals surface area contributed by atoms with Crippen LogP contribution in [0.3, 0.4) is 0 Å². The van der Waals surface area contributed by atoms with E-state index in [4.69, 9.17) is 18.9 Å². The Bertz CT molecular complexity index is 986. The molecule has 1 N–H and O–H groups in total. The van der Waals surface area contributed by atoms with Gasteiger partial charge in [0.1, 0.15) is 23.1 Å². The number of carboxylic acids is 1. The SMILES string of the molecule is COc1ccc(C2O[C@](C)(C(=O)O)[C@@H](c3ccccc3)N2C(=O)OC(C)(C)C)c(OC)c1. The highest BCUT2D eigenvalue weighted by Gasteiger charge is 2.59. The molecule has 8 nitrogen and oxygen atoms in total. The van der Waals surface area contributed by atoms with Crippen molar-refractivity contribution >= 4 is 12.1 Å². The molecule has 2 aromatic rings. The molecule has 172 valence electrons. The lowest BCUT2D eigenvalue weighted by molar-refractivity contribution is -0.163. The molecule has 3 rings (SSSR count). The maximum absolute atomic E-state index is 13.4. The van der Waals surface area contributed by atoms with Gasteiger partial charge >= 0.3 is 12.1 Å². The summed E-state index contributed by atoms with van der Waals surface area (Å²) in [5.74, 6) is -0.257. The van der Waals surface area contributed by atoms with Crippen LogP contribution in [0.4, 0.5) is 4.79 Å². The average Bonchev–Trinajstić information content (AvgIpc) is 3.07. The second-order valence-corrected chi connectivity index (χ2v) is 8.69. The van der Waals surface area contributed by atoms with E-state index in [9.17, 15) is 14.7 Å². The third kappa shape index (κ3) is 4.36. The summed E-state index contributed by atoms with van der Waals surface area (Å²) in [6.45, 7) is 6.70. The molecule has 0 spiro atoms. The van der Waals surface area contributed by atoms with Crippen molar-refractivity contribution in [1.29, 1.82) is 0 Å². The Morgan fingerprint density at radius 3 is 2.25 bits per heavy atom. The van der Waals surface area contributed by atoms with Crippen molar-refractivity contribution in [1.82, 2.24) is 4.90 Å². The van der Waals surface area contributed by atoms with Crippen LogP contribution in [0.5, 0.6) is 11.5 Å². The number of carboxylic acid groups (broad SMARTS) is 1. The molecule has 32 heavy (non-hydrogen) atoms. The Morgan fingerprint density at radius 2 is 1.72 bits per heavy atom. The zero-order valence-corrected chi connectivity index (χ0v) is 19.1. The van der Waals surface area contributed by atoms with E-state index >= 15 is 0 Å². The minimum Gasteiger partial charge on any atom is -0.497 e. The minimum absolute atomic E-state index is 0.393. The lowest BCUT2D eigenvalue weighted by Crippen LogP contribution is -2.45. The van der Waals surface area contributed by atoms with Crippen LogP contribution in [-0.4, -0.2) is 47.5 Å². The van der Waals surface area contributed by atoms with Gasteiger partial charge in [0.25, 0.3) is 0 Å². The summed E-state index contributed by atoms with van der Waals surface area (Å²) in [4.78, 5) is 27.2. The molecule has 1 unspecified atom stereocenters.